The number of methoxy groups -OCH3 is 1. The van der Waals surface area contributed by atoms with Crippen LogP contribution in [0.1, 0.15) is 22.3 Å². The number of carboxylic acid groups (broad SMARTS) is 1. The van der Waals surface area contributed by atoms with Crippen LogP contribution in [0.25, 0.3) is 0 Å². The Morgan fingerprint density at radius 2 is 1.77 bits per heavy atom. The number of carbonyl (C=O) groups excluding carboxylic acids is 1. The highest BCUT2D eigenvalue weighted by atomic mass is 16.6. The summed E-state index contributed by atoms with van der Waals surface area (Å²) in [7, 11) is 1.47. The molecule has 0 saturated heterocycles. The molecule has 2 aromatic carbocycles. The zero-order valence-electron chi connectivity index (χ0n) is 12.1. The minimum atomic E-state index is -0.862. The Morgan fingerprint density at radius 1 is 1.05 bits per heavy atom. The molecule has 0 fully saturated rings. The summed E-state index contributed by atoms with van der Waals surface area (Å²) in [6.07, 6.45) is 0.422. The van der Waals surface area contributed by atoms with Crippen molar-refractivity contribution in [1.29, 1.82) is 0 Å². The second-order valence-corrected chi connectivity index (χ2v) is 4.63. The molecule has 0 aromatic heterocycles. The maximum absolute atomic E-state index is 12.0. The lowest BCUT2D eigenvalue weighted by Gasteiger charge is -2.10. The number of carbonyl (C=O) groups is 2. The Labute approximate surface area is 128 Å². The van der Waals surface area contributed by atoms with Gasteiger partial charge in [-0.05, 0) is 36.2 Å². The number of aryl methyl sites for hydroxylation is 1. The summed E-state index contributed by atoms with van der Waals surface area (Å²) in [6.45, 7) is 0. The number of ether oxygens (including phenoxy) is 2. The van der Waals surface area contributed by atoms with E-state index in [0.29, 0.717) is 23.5 Å². The molecule has 0 radical (unpaired) electrons. The van der Waals surface area contributed by atoms with Gasteiger partial charge < -0.3 is 14.6 Å². The normalized spacial score (nSPS) is 10.0. The highest BCUT2D eigenvalue weighted by Crippen LogP contribution is 2.29. The van der Waals surface area contributed by atoms with E-state index in [1.807, 2.05) is 6.07 Å². The van der Waals surface area contributed by atoms with Crippen molar-refractivity contribution in [3.63, 3.8) is 0 Å². The molecule has 2 rings (SSSR count). The van der Waals surface area contributed by atoms with Gasteiger partial charge in [-0.2, -0.15) is 0 Å². The maximum Gasteiger partial charge on any atom is 0.343 e. The van der Waals surface area contributed by atoms with Crippen LogP contribution in [0.2, 0.25) is 0 Å². The molecule has 0 aliphatic rings. The van der Waals surface area contributed by atoms with E-state index in [1.54, 1.807) is 42.5 Å². The van der Waals surface area contributed by atoms with E-state index in [9.17, 15) is 9.59 Å². The molecule has 2 aromatic rings. The Hall–Kier alpha value is -2.82. The molecule has 0 atom stereocenters. The monoisotopic (exact) mass is 300 g/mol. The molecule has 5 nitrogen and oxygen atoms in total. The number of hydrogen-bond donors (Lipinski definition) is 1. The van der Waals surface area contributed by atoms with Crippen LogP contribution in [0, 0.1) is 0 Å². The minimum absolute atomic E-state index is 0.0340. The maximum atomic E-state index is 12.0. The van der Waals surface area contributed by atoms with E-state index in [-0.39, 0.29) is 6.42 Å². The van der Waals surface area contributed by atoms with Gasteiger partial charge in [-0.1, -0.05) is 24.3 Å². The fourth-order valence-corrected chi connectivity index (χ4v) is 1.94. The van der Waals surface area contributed by atoms with Gasteiger partial charge in [-0.3, -0.25) is 4.79 Å². The predicted octanol–water partition coefficient (Wildman–Crippen LogP) is 2.93. The first-order valence-corrected chi connectivity index (χ1v) is 6.76. The van der Waals surface area contributed by atoms with Gasteiger partial charge in [0.15, 0.2) is 11.5 Å². The molecule has 0 heterocycles. The fraction of sp³-hybridized carbons (Fsp3) is 0.176. The predicted molar refractivity (Wildman–Crippen MR) is 80.4 cm³/mol. The van der Waals surface area contributed by atoms with Crippen molar-refractivity contribution in [3.8, 4) is 11.5 Å². The van der Waals surface area contributed by atoms with Crippen molar-refractivity contribution in [3.05, 3.63) is 59.7 Å². The highest BCUT2D eigenvalue weighted by molar-refractivity contribution is 5.91. The van der Waals surface area contributed by atoms with Crippen molar-refractivity contribution in [2.75, 3.05) is 7.11 Å². The summed E-state index contributed by atoms with van der Waals surface area (Å²) in [4.78, 5) is 22.6. The van der Waals surface area contributed by atoms with Gasteiger partial charge in [0.2, 0.25) is 0 Å². The van der Waals surface area contributed by atoms with E-state index in [4.69, 9.17) is 14.6 Å². The van der Waals surface area contributed by atoms with Gasteiger partial charge in [-0.25, -0.2) is 4.79 Å². The standard InChI is InChI=1S/C17H16O5/c1-21-15-11-12(8-10-16(18)19)7-9-14(15)22-17(20)13-5-3-2-4-6-13/h2-7,9,11H,8,10H2,1H3,(H,18,19). The Balaban J connectivity index is 2.14. The summed E-state index contributed by atoms with van der Waals surface area (Å²) >= 11 is 0. The van der Waals surface area contributed by atoms with Crippen molar-refractivity contribution >= 4 is 11.9 Å². The summed E-state index contributed by atoms with van der Waals surface area (Å²) in [5.41, 5.74) is 1.25. The molecule has 0 saturated carbocycles. The molecular weight excluding hydrogens is 284 g/mol. The zero-order chi connectivity index (χ0) is 15.9. The molecule has 0 aliphatic heterocycles. The van der Waals surface area contributed by atoms with E-state index in [2.05, 4.69) is 0 Å². The highest BCUT2D eigenvalue weighted by Gasteiger charge is 2.13. The Kier molecular flexibility index (Phi) is 5.14. The van der Waals surface area contributed by atoms with Crippen molar-refractivity contribution in [2.24, 2.45) is 0 Å². The van der Waals surface area contributed by atoms with Crippen LogP contribution in [0.5, 0.6) is 11.5 Å². The van der Waals surface area contributed by atoms with Gasteiger partial charge in [0.25, 0.3) is 0 Å². The quantitative estimate of drug-likeness (QED) is 0.656. The number of hydrogen-bond acceptors (Lipinski definition) is 4. The summed E-state index contributed by atoms with van der Waals surface area (Å²) < 4.78 is 10.5. The fourth-order valence-electron chi connectivity index (χ4n) is 1.94. The Bertz CT molecular complexity index is 664. The van der Waals surface area contributed by atoms with Gasteiger partial charge in [0.05, 0.1) is 12.7 Å². The molecule has 0 spiro atoms. The molecule has 5 heteroatoms. The van der Waals surface area contributed by atoms with E-state index < -0.39 is 11.9 Å². The van der Waals surface area contributed by atoms with Crippen LogP contribution in [0.3, 0.4) is 0 Å². The van der Waals surface area contributed by atoms with Crippen LogP contribution < -0.4 is 9.47 Å². The van der Waals surface area contributed by atoms with E-state index in [0.717, 1.165) is 5.56 Å². The second kappa shape index (κ2) is 7.26. The van der Waals surface area contributed by atoms with Gasteiger partial charge >= 0.3 is 11.9 Å². The topological polar surface area (TPSA) is 72.8 Å². The summed E-state index contributed by atoms with van der Waals surface area (Å²) in [5, 5.41) is 8.70. The lowest BCUT2D eigenvalue weighted by Crippen LogP contribution is -2.09. The van der Waals surface area contributed by atoms with Crippen LogP contribution in [0.15, 0.2) is 48.5 Å². The van der Waals surface area contributed by atoms with Crippen LogP contribution in [-0.4, -0.2) is 24.2 Å². The average molecular weight is 300 g/mol. The average Bonchev–Trinajstić information content (AvgIpc) is 2.54. The van der Waals surface area contributed by atoms with E-state index >= 15 is 0 Å². The molecule has 0 unspecified atom stereocenters. The zero-order valence-corrected chi connectivity index (χ0v) is 12.1. The van der Waals surface area contributed by atoms with Crippen molar-refractivity contribution in [2.45, 2.75) is 12.8 Å². The number of esters is 1. The summed E-state index contributed by atoms with van der Waals surface area (Å²) in [5.74, 6) is -0.640. The van der Waals surface area contributed by atoms with Crippen molar-refractivity contribution < 1.29 is 24.2 Å². The smallest absolute Gasteiger partial charge is 0.343 e. The van der Waals surface area contributed by atoms with Gasteiger partial charge in [0, 0.05) is 6.42 Å². The third-order valence-corrected chi connectivity index (χ3v) is 3.07. The first kappa shape index (κ1) is 15.6. The van der Waals surface area contributed by atoms with Crippen LogP contribution in [-0.2, 0) is 11.2 Å². The van der Waals surface area contributed by atoms with Crippen LogP contribution in [0.4, 0.5) is 0 Å². The number of benzene rings is 2. The number of aliphatic carboxylic acids is 1. The molecule has 114 valence electrons. The third-order valence-electron chi connectivity index (χ3n) is 3.07. The first-order valence-electron chi connectivity index (χ1n) is 6.76. The molecule has 0 bridgehead atoms. The first-order chi connectivity index (χ1) is 10.6. The second-order valence-electron chi connectivity index (χ2n) is 4.63. The molecule has 1 N–H and O–H groups in total. The van der Waals surface area contributed by atoms with Crippen molar-refractivity contribution in [1.82, 2.24) is 0 Å². The minimum Gasteiger partial charge on any atom is -0.493 e. The number of carboxylic acids is 1. The molecule has 0 amide bonds. The molecule has 0 aliphatic carbocycles. The summed E-state index contributed by atoms with van der Waals surface area (Å²) in [6, 6.07) is 13.7. The van der Waals surface area contributed by atoms with Crippen LogP contribution >= 0.6 is 0 Å². The lowest BCUT2D eigenvalue weighted by molar-refractivity contribution is -0.136. The largest absolute Gasteiger partial charge is 0.493 e. The van der Waals surface area contributed by atoms with E-state index in [1.165, 1.54) is 7.11 Å². The lowest BCUT2D eigenvalue weighted by atomic mass is 10.1. The Morgan fingerprint density at radius 3 is 2.41 bits per heavy atom. The van der Waals surface area contributed by atoms with Gasteiger partial charge in [0.1, 0.15) is 0 Å². The molecule has 22 heavy (non-hydrogen) atoms. The SMILES string of the molecule is COc1cc(CCC(=O)O)ccc1OC(=O)c1ccccc1. The number of rotatable bonds is 6. The third kappa shape index (κ3) is 4.09. The van der Waals surface area contributed by atoms with Gasteiger partial charge in [-0.15, -0.1) is 0 Å². The molecular formula is C17H16O5.